The number of nitrogens with one attached hydrogen (secondary N) is 1. The van der Waals surface area contributed by atoms with Crippen molar-refractivity contribution < 1.29 is 9.26 Å². The normalized spacial score (nSPS) is 10.6. The topological polar surface area (TPSA) is 86.0 Å². The lowest BCUT2D eigenvalue weighted by atomic mass is 10.2. The van der Waals surface area contributed by atoms with Crippen molar-refractivity contribution in [1.82, 2.24) is 20.1 Å². The first-order valence-corrected chi connectivity index (χ1v) is 6.68. The zero-order chi connectivity index (χ0) is 14.5. The van der Waals surface area contributed by atoms with Crippen molar-refractivity contribution >= 4 is 17.5 Å². The zero-order valence-corrected chi connectivity index (χ0v) is 12.4. The van der Waals surface area contributed by atoms with Gasteiger partial charge in [-0.05, 0) is 31.9 Å². The Morgan fingerprint density at radius 2 is 2.05 bits per heavy atom. The number of rotatable bonds is 6. The van der Waals surface area contributed by atoms with E-state index in [1.54, 1.807) is 0 Å². The Hall–Kier alpha value is -1.89. The van der Waals surface area contributed by atoms with Crippen LogP contribution < -0.4 is 10.1 Å². The maximum absolute atomic E-state index is 5.84. The molecule has 2 heterocycles. The molecule has 0 saturated heterocycles. The van der Waals surface area contributed by atoms with Crippen LogP contribution in [0.3, 0.4) is 0 Å². The molecular weight excluding hydrogens is 282 g/mol. The van der Waals surface area contributed by atoms with Gasteiger partial charge in [0.1, 0.15) is 5.76 Å². The highest BCUT2D eigenvalue weighted by molar-refractivity contribution is 6.28. The van der Waals surface area contributed by atoms with Crippen LogP contribution >= 0.6 is 11.6 Å². The minimum atomic E-state index is 0.0902. The van der Waals surface area contributed by atoms with Crippen LogP contribution in [0, 0.1) is 13.8 Å². The van der Waals surface area contributed by atoms with E-state index in [9.17, 15) is 0 Å². The zero-order valence-electron chi connectivity index (χ0n) is 11.6. The number of aromatic nitrogens is 4. The van der Waals surface area contributed by atoms with Crippen molar-refractivity contribution in [3.63, 3.8) is 0 Å². The Morgan fingerprint density at radius 1 is 1.25 bits per heavy atom. The largest absolute Gasteiger partial charge is 0.463 e. The molecule has 2 aromatic rings. The quantitative estimate of drug-likeness (QED) is 0.876. The van der Waals surface area contributed by atoms with Crippen LogP contribution in [0.2, 0.25) is 5.28 Å². The molecule has 0 aliphatic heterocycles. The van der Waals surface area contributed by atoms with Gasteiger partial charge in [0, 0.05) is 12.1 Å². The van der Waals surface area contributed by atoms with Crippen molar-refractivity contribution in [1.29, 1.82) is 0 Å². The Bertz CT molecular complexity index is 568. The molecule has 0 aliphatic rings. The molecule has 0 amide bonds. The maximum atomic E-state index is 5.84. The molecule has 0 aliphatic carbocycles. The van der Waals surface area contributed by atoms with Crippen LogP contribution in [0.1, 0.15) is 30.4 Å². The summed E-state index contributed by atoms with van der Waals surface area (Å²) in [5, 5.41) is 7.04. The van der Waals surface area contributed by atoms with Crippen LogP contribution in [-0.2, 0) is 6.54 Å². The lowest BCUT2D eigenvalue weighted by molar-refractivity contribution is 0.291. The fourth-order valence-electron chi connectivity index (χ4n) is 1.59. The average molecular weight is 298 g/mol. The monoisotopic (exact) mass is 297 g/mol. The van der Waals surface area contributed by atoms with Gasteiger partial charge in [-0.3, -0.25) is 0 Å². The summed E-state index contributed by atoms with van der Waals surface area (Å²) in [7, 11) is 0. The van der Waals surface area contributed by atoms with Gasteiger partial charge in [-0.1, -0.05) is 12.1 Å². The Kier molecular flexibility index (Phi) is 4.73. The SMILES string of the molecule is CCCOc1nc(Cl)nc(NCc2c(C)noc2C)n1. The molecule has 0 spiro atoms. The molecule has 0 atom stereocenters. The standard InChI is InChI=1S/C12H16ClN5O2/c1-4-5-19-12-16-10(13)15-11(17-12)14-6-9-7(2)18-20-8(9)3/h4-6H2,1-3H3,(H,14,15,16,17). The van der Waals surface area contributed by atoms with Crippen molar-refractivity contribution in [2.24, 2.45) is 0 Å². The van der Waals surface area contributed by atoms with Crippen LogP contribution in [0.4, 0.5) is 5.95 Å². The smallest absolute Gasteiger partial charge is 0.322 e. The van der Waals surface area contributed by atoms with E-state index in [0.29, 0.717) is 19.1 Å². The van der Waals surface area contributed by atoms with Gasteiger partial charge in [0.05, 0.1) is 12.3 Å². The number of halogens is 1. The molecule has 2 rings (SSSR count). The third-order valence-electron chi connectivity index (χ3n) is 2.63. The first-order valence-electron chi connectivity index (χ1n) is 6.30. The number of hydrogen-bond donors (Lipinski definition) is 1. The fourth-order valence-corrected chi connectivity index (χ4v) is 1.74. The predicted molar refractivity (Wildman–Crippen MR) is 73.9 cm³/mol. The molecule has 8 heteroatoms. The van der Waals surface area contributed by atoms with E-state index in [2.05, 4.69) is 25.4 Å². The van der Waals surface area contributed by atoms with Gasteiger partial charge in [-0.15, -0.1) is 0 Å². The number of ether oxygens (including phenoxy) is 1. The van der Waals surface area contributed by atoms with E-state index in [0.717, 1.165) is 23.4 Å². The fraction of sp³-hybridized carbons (Fsp3) is 0.500. The number of nitrogens with zero attached hydrogens (tertiary/aromatic N) is 4. The first-order chi connectivity index (χ1) is 9.60. The molecule has 0 radical (unpaired) electrons. The summed E-state index contributed by atoms with van der Waals surface area (Å²) in [5.41, 5.74) is 1.80. The third kappa shape index (κ3) is 3.57. The average Bonchev–Trinajstić information content (AvgIpc) is 2.73. The van der Waals surface area contributed by atoms with Gasteiger partial charge in [0.2, 0.25) is 11.2 Å². The van der Waals surface area contributed by atoms with Gasteiger partial charge < -0.3 is 14.6 Å². The molecule has 0 bridgehead atoms. The van der Waals surface area contributed by atoms with E-state index in [4.69, 9.17) is 20.9 Å². The third-order valence-corrected chi connectivity index (χ3v) is 2.80. The second-order valence-electron chi connectivity index (χ2n) is 4.22. The van der Waals surface area contributed by atoms with E-state index in [1.807, 2.05) is 20.8 Å². The molecule has 0 saturated carbocycles. The molecule has 1 N–H and O–H groups in total. The predicted octanol–water partition coefficient (Wildman–Crippen LogP) is 2.53. The Morgan fingerprint density at radius 3 is 2.70 bits per heavy atom. The van der Waals surface area contributed by atoms with Gasteiger partial charge in [0.25, 0.3) is 0 Å². The summed E-state index contributed by atoms with van der Waals surface area (Å²) < 4.78 is 10.4. The summed E-state index contributed by atoms with van der Waals surface area (Å²) in [6, 6.07) is 0.216. The lowest BCUT2D eigenvalue weighted by Gasteiger charge is -2.07. The van der Waals surface area contributed by atoms with E-state index < -0.39 is 0 Å². The summed E-state index contributed by atoms with van der Waals surface area (Å²) in [5.74, 6) is 1.12. The Labute approximate surface area is 121 Å². The summed E-state index contributed by atoms with van der Waals surface area (Å²) in [6.45, 7) is 6.76. The van der Waals surface area contributed by atoms with Gasteiger partial charge in [0.15, 0.2) is 0 Å². The minimum absolute atomic E-state index is 0.0902. The maximum Gasteiger partial charge on any atom is 0.322 e. The Balaban J connectivity index is 2.07. The molecular formula is C12H16ClN5O2. The van der Waals surface area contributed by atoms with E-state index in [-0.39, 0.29) is 11.3 Å². The highest BCUT2D eigenvalue weighted by Gasteiger charge is 2.10. The van der Waals surface area contributed by atoms with Crippen LogP contribution in [0.15, 0.2) is 4.52 Å². The van der Waals surface area contributed by atoms with Gasteiger partial charge >= 0.3 is 6.01 Å². The molecule has 0 unspecified atom stereocenters. The van der Waals surface area contributed by atoms with Crippen molar-refractivity contribution in [2.45, 2.75) is 33.7 Å². The lowest BCUT2D eigenvalue weighted by Crippen LogP contribution is -2.08. The van der Waals surface area contributed by atoms with Crippen molar-refractivity contribution in [3.8, 4) is 6.01 Å². The number of anilines is 1. The second kappa shape index (κ2) is 6.51. The molecule has 108 valence electrons. The van der Waals surface area contributed by atoms with Crippen LogP contribution in [0.5, 0.6) is 6.01 Å². The van der Waals surface area contributed by atoms with Crippen molar-refractivity contribution in [2.75, 3.05) is 11.9 Å². The molecule has 2 aromatic heterocycles. The highest BCUT2D eigenvalue weighted by Crippen LogP contribution is 2.16. The van der Waals surface area contributed by atoms with Gasteiger partial charge in [-0.25, -0.2) is 0 Å². The van der Waals surface area contributed by atoms with Crippen LogP contribution in [-0.4, -0.2) is 26.7 Å². The van der Waals surface area contributed by atoms with Crippen LogP contribution in [0.25, 0.3) is 0 Å². The summed E-state index contributed by atoms with van der Waals surface area (Å²) >= 11 is 5.84. The number of hydrogen-bond acceptors (Lipinski definition) is 7. The number of aryl methyl sites for hydroxylation is 2. The summed E-state index contributed by atoms with van der Waals surface area (Å²) in [6.07, 6.45) is 0.866. The molecule has 0 aromatic carbocycles. The second-order valence-corrected chi connectivity index (χ2v) is 4.55. The van der Waals surface area contributed by atoms with Crippen molar-refractivity contribution in [3.05, 3.63) is 22.3 Å². The van der Waals surface area contributed by atoms with Gasteiger partial charge in [-0.2, -0.15) is 15.0 Å². The highest BCUT2D eigenvalue weighted by atomic mass is 35.5. The first kappa shape index (κ1) is 14.5. The van der Waals surface area contributed by atoms with E-state index >= 15 is 0 Å². The van der Waals surface area contributed by atoms with E-state index in [1.165, 1.54) is 0 Å². The molecule has 20 heavy (non-hydrogen) atoms. The molecule has 0 fully saturated rings. The minimum Gasteiger partial charge on any atom is -0.463 e. The summed E-state index contributed by atoms with van der Waals surface area (Å²) in [4.78, 5) is 12.0. The molecule has 7 nitrogen and oxygen atoms in total.